The van der Waals surface area contributed by atoms with Crippen molar-refractivity contribution in [2.24, 2.45) is 11.7 Å². The van der Waals surface area contributed by atoms with E-state index in [-0.39, 0.29) is 5.76 Å². The lowest BCUT2D eigenvalue weighted by Crippen LogP contribution is -2.12. The Morgan fingerprint density at radius 2 is 2.40 bits per heavy atom. The second kappa shape index (κ2) is 5.82. The molecule has 1 aromatic heterocycles. The summed E-state index contributed by atoms with van der Waals surface area (Å²) in [5, 5.41) is 8.63. The molecule has 0 aliphatic rings. The topological polar surface area (TPSA) is 76.5 Å². The number of aromatic carboxylic acids is 1. The molecule has 0 saturated heterocycles. The summed E-state index contributed by atoms with van der Waals surface area (Å²) in [5.74, 6) is 1.79. The third-order valence-corrected chi connectivity index (χ3v) is 3.21. The van der Waals surface area contributed by atoms with Gasteiger partial charge in [-0.1, -0.05) is 6.92 Å². The summed E-state index contributed by atoms with van der Waals surface area (Å²) in [5.41, 5.74) is 5.48. The van der Waals surface area contributed by atoms with Crippen LogP contribution in [0.5, 0.6) is 0 Å². The Balaban J connectivity index is 2.35. The molecule has 0 bridgehead atoms. The molecule has 1 aromatic rings. The summed E-state index contributed by atoms with van der Waals surface area (Å²) in [6, 6.07) is 3.17. The molecular weight excluding hydrogens is 214 g/mol. The van der Waals surface area contributed by atoms with E-state index in [1.165, 1.54) is 6.07 Å². The fraction of sp³-hybridized carbons (Fsp3) is 0.500. The highest BCUT2D eigenvalue weighted by molar-refractivity contribution is 7.98. The van der Waals surface area contributed by atoms with Crippen molar-refractivity contribution in [3.63, 3.8) is 0 Å². The van der Waals surface area contributed by atoms with Crippen molar-refractivity contribution in [1.29, 1.82) is 0 Å². The number of hydrogen-bond donors (Lipinski definition) is 2. The number of carbonyl (C=O) groups is 1. The van der Waals surface area contributed by atoms with Gasteiger partial charge in [0, 0.05) is 0 Å². The summed E-state index contributed by atoms with van der Waals surface area (Å²) in [7, 11) is 0. The van der Waals surface area contributed by atoms with Gasteiger partial charge in [-0.15, -0.1) is 0 Å². The van der Waals surface area contributed by atoms with E-state index in [1.54, 1.807) is 17.8 Å². The fourth-order valence-corrected chi connectivity index (χ4v) is 2.01. The van der Waals surface area contributed by atoms with Crippen LogP contribution in [0.4, 0.5) is 0 Å². The molecule has 0 aliphatic heterocycles. The van der Waals surface area contributed by atoms with Gasteiger partial charge in [-0.25, -0.2) is 4.79 Å². The zero-order chi connectivity index (χ0) is 11.3. The highest BCUT2D eigenvalue weighted by atomic mass is 32.2. The van der Waals surface area contributed by atoms with Crippen molar-refractivity contribution in [3.8, 4) is 0 Å². The number of hydrogen-bond acceptors (Lipinski definition) is 4. The minimum Gasteiger partial charge on any atom is -0.475 e. The number of nitrogens with two attached hydrogens (primary N) is 1. The molecular formula is C10H15NO3S. The number of carboxylic acid groups (broad SMARTS) is 1. The molecule has 0 saturated carbocycles. The molecule has 0 aliphatic carbocycles. The summed E-state index contributed by atoms with van der Waals surface area (Å²) in [6.07, 6.45) is 0. The highest BCUT2D eigenvalue weighted by Gasteiger charge is 2.09. The smallest absolute Gasteiger partial charge is 0.371 e. The molecule has 0 radical (unpaired) electrons. The van der Waals surface area contributed by atoms with Gasteiger partial charge in [0.15, 0.2) is 0 Å². The van der Waals surface area contributed by atoms with Gasteiger partial charge in [0.05, 0.1) is 5.75 Å². The van der Waals surface area contributed by atoms with Crippen LogP contribution in [-0.2, 0) is 5.75 Å². The predicted molar refractivity (Wildman–Crippen MR) is 60.0 cm³/mol. The Bertz CT molecular complexity index is 324. The molecule has 0 amide bonds. The number of carboxylic acids is 1. The van der Waals surface area contributed by atoms with Crippen LogP contribution >= 0.6 is 11.8 Å². The molecule has 3 N–H and O–H groups in total. The molecule has 0 fully saturated rings. The standard InChI is InChI=1S/C10H15NO3S/c1-7(4-11)5-15-6-8-2-3-9(14-8)10(12)13/h2-3,7H,4-6,11H2,1H3,(H,12,13). The van der Waals surface area contributed by atoms with Crippen LogP contribution in [0.25, 0.3) is 0 Å². The van der Waals surface area contributed by atoms with Crippen molar-refractivity contribution < 1.29 is 14.3 Å². The average Bonchev–Trinajstić information content (AvgIpc) is 2.66. The molecule has 0 spiro atoms. The van der Waals surface area contributed by atoms with Gasteiger partial charge in [-0.3, -0.25) is 0 Å². The van der Waals surface area contributed by atoms with Gasteiger partial charge in [0.25, 0.3) is 0 Å². The minimum atomic E-state index is -1.03. The largest absolute Gasteiger partial charge is 0.475 e. The Morgan fingerprint density at radius 3 is 2.93 bits per heavy atom. The maximum atomic E-state index is 10.5. The van der Waals surface area contributed by atoms with Crippen LogP contribution in [0.15, 0.2) is 16.5 Å². The Labute approximate surface area is 92.8 Å². The lowest BCUT2D eigenvalue weighted by atomic mass is 10.2. The van der Waals surface area contributed by atoms with E-state index in [9.17, 15) is 4.79 Å². The van der Waals surface area contributed by atoms with E-state index in [0.29, 0.717) is 24.0 Å². The molecule has 0 aromatic carbocycles. The minimum absolute atomic E-state index is 0.00234. The van der Waals surface area contributed by atoms with Gasteiger partial charge in [0.2, 0.25) is 5.76 Å². The molecule has 1 unspecified atom stereocenters. The zero-order valence-corrected chi connectivity index (χ0v) is 9.42. The monoisotopic (exact) mass is 229 g/mol. The molecule has 1 rings (SSSR count). The first-order valence-corrected chi connectivity index (χ1v) is 5.88. The first-order valence-electron chi connectivity index (χ1n) is 4.73. The fourth-order valence-electron chi connectivity index (χ4n) is 0.999. The van der Waals surface area contributed by atoms with E-state index >= 15 is 0 Å². The Hall–Kier alpha value is -0.940. The van der Waals surface area contributed by atoms with Crippen LogP contribution in [0.2, 0.25) is 0 Å². The van der Waals surface area contributed by atoms with Crippen molar-refractivity contribution in [1.82, 2.24) is 0 Å². The third-order valence-electron chi connectivity index (χ3n) is 1.92. The first kappa shape index (κ1) is 12.1. The van der Waals surface area contributed by atoms with E-state index in [4.69, 9.17) is 15.3 Å². The summed E-state index contributed by atoms with van der Waals surface area (Å²) in [6.45, 7) is 2.75. The van der Waals surface area contributed by atoms with Crippen molar-refractivity contribution in [2.75, 3.05) is 12.3 Å². The molecule has 4 nitrogen and oxygen atoms in total. The number of furan rings is 1. The van der Waals surface area contributed by atoms with Gasteiger partial charge in [0.1, 0.15) is 5.76 Å². The zero-order valence-electron chi connectivity index (χ0n) is 8.60. The first-order chi connectivity index (χ1) is 7.13. The van der Waals surface area contributed by atoms with E-state index < -0.39 is 5.97 Å². The number of rotatable bonds is 6. The van der Waals surface area contributed by atoms with Crippen molar-refractivity contribution >= 4 is 17.7 Å². The summed E-state index contributed by atoms with van der Waals surface area (Å²) >= 11 is 1.70. The van der Waals surface area contributed by atoms with Crippen LogP contribution in [-0.4, -0.2) is 23.4 Å². The molecule has 15 heavy (non-hydrogen) atoms. The van der Waals surface area contributed by atoms with Gasteiger partial charge >= 0.3 is 5.97 Å². The normalized spacial score (nSPS) is 12.7. The Morgan fingerprint density at radius 1 is 1.67 bits per heavy atom. The third kappa shape index (κ3) is 3.97. The van der Waals surface area contributed by atoms with Gasteiger partial charge in [-0.2, -0.15) is 11.8 Å². The maximum Gasteiger partial charge on any atom is 0.371 e. The Kier molecular flexibility index (Phi) is 4.71. The van der Waals surface area contributed by atoms with Crippen LogP contribution < -0.4 is 5.73 Å². The predicted octanol–water partition coefficient (Wildman–Crippen LogP) is 1.81. The van der Waals surface area contributed by atoms with Crippen LogP contribution in [0.1, 0.15) is 23.2 Å². The van der Waals surface area contributed by atoms with Gasteiger partial charge in [-0.05, 0) is 30.3 Å². The van der Waals surface area contributed by atoms with Gasteiger partial charge < -0.3 is 15.3 Å². The van der Waals surface area contributed by atoms with Crippen molar-refractivity contribution in [2.45, 2.75) is 12.7 Å². The maximum absolute atomic E-state index is 10.5. The SMILES string of the molecule is CC(CN)CSCc1ccc(C(=O)O)o1. The molecule has 5 heteroatoms. The second-order valence-corrected chi connectivity index (χ2v) is 4.46. The van der Waals surface area contributed by atoms with E-state index in [0.717, 1.165) is 5.75 Å². The lowest BCUT2D eigenvalue weighted by molar-refractivity contribution is 0.0661. The number of thioether (sulfide) groups is 1. The molecule has 84 valence electrons. The van der Waals surface area contributed by atoms with E-state index in [2.05, 4.69) is 6.92 Å². The quantitative estimate of drug-likeness (QED) is 0.778. The highest BCUT2D eigenvalue weighted by Crippen LogP contribution is 2.17. The summed E-state index contributed by atoms with van der Waals surface area (Å²) in [4.78, 5) is 10.5. The lowest BCUT2D eigenvalue weighted by Gasteiger charge is -2.05. The van der Waals surface area contributed by atoms with Crippen LogP contribution in [0, 0.1) is 5.92 Å². The molecule has 1 heterocycles. The van der Waals surface area contributed by atoms with Crippen LogP contribution in [0.3, 0.4) is 0 Å². The summed E-state index contributed by atoms with van der Waals surface area (Å²) < 4.78 is 5.11. The average molecular weight is 229 g/mol. The molecule has 1 atom stereocenters. The van der Waals surface area contributed by atoms with Crippen molar-refractivity contribution in [3.05, 3.63) is 23.7 Å². The second-order valence-electron chi connectivity index (χ2n) is 3.43. The van der Waals surface area contributed by atoms with E-state index in [1.807, 2.05) is 0 Å².